The third kappa shape index (κ3) is 1.95. The minimum atomic E-state index is -0.726. The molecule has 0 radical (unpaired) electrons. The Morgan fingerprint density at radius 3 is 2.50 bits per heavy atom. The molecule has 0 spiro atoms. The maximum Gasteiger partial charge on any atom is 0.157 e. The van der Waals surface area contributed by atoms with E-state index in [9.17, 15) is 5.11 Å². The molecule has 1 N–H and O–H groups in total. The van der Waals surface area contributed by atoms with Gasteiger partial charge in [0, 0.05) is 20.6 Å². The second kappa shape index (κ2) is 4.18. The number of aliphatic hydroxyl groups excluding tert-OH is 1. The molecule has 72 valence electrons. The van der Waals surface area contributed by atoms with Gasteiger partial charge in [-0.15, -0.1) is 0 Å². The minimum Gasteiger partial charge on any atom is -0.378 e. The molecule has 4 heteroatoms. The molecule has 0 aromatic heterocycles. The number of hydrogen-bond donors (Lipinski definition) is 1. The molecule has 1 heterocycles. The highest BCUT2D eigenvalue weighted by Gasteiger charge is 2.35. The number of methoxy groups -OCH3 is 2. The van der Waals surface area contributed by atoms with E-state index < -0.39 is 6.29 Å². The van der Waals surface area contributed by atoms with Crippen molar-refractivity contribution in [3.8, 4) is 0 Å². The topological polar surface area (TPSA) is 47.9 Å². The van der Waals surface area contributed by atoms with E-state index in [1.54, 1.807) is 14.2 Å². The van der Waals surface area contributed by atoms with Crippen molar-refractivity contribution >= 4 is 0 Å². The Bertz CT molecular complexity index is 139. The average Bonchev–Trinajstić information content (AvgIpc) is 2.03. The predicted molar refractivity (Wildman–Crippen MR) is 42.8 cm³/mol. The van der Waals surface area contributed by atoms with Crippen LogP contribution in [0.2, 0.25) is 0 Å². The normalized spacial score (nSPS) is 43.0. The van der Waals surface area contributed by atoms with Crippen molar-refractivity contribution in [3.05, 3.63) is 0 Å². The van der Waals surface area contributed by atoms with Crippen molar-refractivity contribution in [2.75, 3.05) is 14.2 Å². The molecule has 12 heavy (non-hydrogen) atoms. The Hall–Kier alpha value is -0.160. The van der Waals surface area contributed by atoms with Gasteiger partial charge in [0.15, 0.2) is 6.29 Å². The summed E-state index contributed by atoms with van der Waals surface area (Å²) in [5.74, 6) is 0. The van der Waals surface area contributed by atoms with Crippen LogP contribution in [0.25, 0.3) is 0 Å². The van der Waals surface area contributed by atoms with E-state index in [0.29, 0.717) is 6.42 Å². The van der Waals surface area contributed by atoms with Crippen LogP contribution in [0.4, 0.5) is 0 Å². The number of ether oxygens (including phenoxy) is 3. The van der Waals surface area contributed by atoms with Gasteiger partial charge in [0.25, 0.3) is 0 Å². The van der Waals surface area contributed by atoms with Gasteiger partial charge in [-0.05, 0) is 6.92 Å². The number of rotatable bonds is 2. The highest BCUT2D eigenvalue weighted by atomic mass is 16.6. The van der Waals surface area contributed by atoms with Gasteiger partial charge in [-0.2, -0.15) is 0 Å². The molecule has 0 unspecified atom stereocenters. The summed E-state index contributed by atoms with van der Waals surface area (Å²) >= 11 is 0. The van der Waals surface area contributed by atoms with Crippen LogP contribution in [0, 0.1) is 0 Å². The summed E-state index contributed by atoms with van der Waals surface area (Å²) in [6, 6.07) is 0. The van der Waals surface area contributed by atoms with E-state index in [4.69, 9.17) is 14.2 Å². The van der Waals surface area contributed by atoms with Crippen LogP contribution in [0.1, 0.15) is 13.3 Å². The zero-order valence-corrected chi connectivity index (χ0v) is 7.69. The monoisotopic (exact) mass is 176 g/mol. The SMILES string of the molecule is CO[C@@H]1[C@@H](C)O[C@@H](O)C[C@H]1OC. The van der Waals surface area contributed by atoms with Crippen LogP contribution in [0.15, 0.2) is 0 Å². The Morgan fingerprint density at radius 1 is 1.33 bits per heavy atom. The van der Waals surface area contributed by atoms with Gasteiger partial charge in [0.1, 0.15) is 6.10 Å². The number of aliphatic hydroxyl groups is 1. The van der Waals surface area contributed by atoms with Gasteiger partial charge in [-0.3, -0.25) is 0 Å². The fourth-order valence-electron chi connectivity index (χ4n) is 1.59. The van der Waals surface area contributed by atoms with E-state index in [-0.39, 0.29) is 18.3 Å². The Kier molecular flexibility index (Phi) is 3.46. The van der Waals surface area contributed by atoms with Gasteiger partial charge in [0.2, 0.25) is 0 Å². The lowest BCUT2D eigenvalue weighted by atomic mass is 10.0. The molecule has 1 rings (SSSR count). The standard InChI is InChI=1S/C8H16O4/c1-5-8(11-3)6(10-2)4-7(9)12-5/h5-9H,4H2,1-3H3/t5-,6-,7-,8-/m1/s1. The molecule has 0 amide bonds. The lowest BCUT2D eigenvalue weighted by Gasteiger charge is -2.36. The fraction of sp³-hybridized carbons (Fsp3) is 1.00. The summed E-state index contributed by atoms with van der Waals surface area (Å²) in [6.45, 7) is 1.86. The quantitative estimate of drug-likeness (QED) is 0.650. The maximum atomic E-state index is 9.24. The van der Waals surface area contributed by atoms with Crippen molar-refractivity contribution in [2.45, 2.75) is 37.9 Å². The molecule has 1 saturated heterocycles. The highest BCUT2D eigenvalue weighted by molar-refractivity contribution is 4.81. The maximum absolute atomic E-state index is 9.24. The first kappa shape index (κ1) is 9.92. The smallest absolute Gasteiger partial charge is 0.157 e. The lowest BCUT2D eigenvalue weighted by Crippen LogP contribution is -2.48. The Balaban J connectivity index is 2.56. The first-order chi connectivity index (χ1) is 5.69. The van der Waals surface area contributed by atoms with Crippen LogP contribution >= 0.6 is 0 Å². The van der Waals surface area contributed by atoms with E-state index in [2.05, 4.69) is 0 Å². The molecule has 4 nitrogen and oxygen atoms in total. The molecule has 4 atom stereocenters. The molecule has 0 aliphatic carbocycles. The van der Waals surface area contributed by atoms with Crippen LogP contribution < -0.4 is 0 Å². The highest BCUT2D eigenvalue weighted by Crippen LogP contribution is 2.22. The molecule has 0 aromatic carbocycles. The molecule has 1 aliphatic rings. The van der Waals surface area contributed by atoms with Crippen molar-refractivity contribution in [3.63, 3.8) is 0 Å². The van der Waals surface area contributed by atoms with Crippen LogP contribution in [-0.4, -0.2) is 43.9 Å². The van der Waals surface area contributed by atoms with Gasteiger partial charge in [0.05, 0.1) is 12.2 Å². The Labute approximate surface area is 72.4 Å². The van der Waals surface area contributed by atoms with Gasteiger partial charge < -0.3 is 19.3 Å². The van der Waals surface area contributed by atoms with Gasteiger partial charge in [-0.25, -0.2) is 0 Å². The van der Waals surface area contributed by atoms with Gasteiger partial charge in [-0.1, -0.05) is 0 Å². The largest absolute Gasteiger partial charge is 0.378 e. The summed E-state index contributed by atoms with van der Waals surface area (Å²) < 4.78 is 15.5. The van der Waals surface area contributed by atoms with E-state index in [1.165, 1.54) is 0 Å². The molecule has 0 bridgehead atoms. The summed E-state index contributed by atoms with van der Waals surface area (Å²) in [5.41, 5.74) is 0. The summed E-state index contributed by atoms with van der Waals surface area (Å²) in [5, 5.41) is 9.24. The molecular weight excluding hydrogens is 160 g/mol. The van der Waals surface area contributed by atoms with Gasteiger partial charge >= 0.3 is 0 Å². The van der Waals surface area contributed by atoms with Crippen molar-refractivity contribution < 1.29 is 19.3 Å². The van der Waals surface area contributed by atoms with Crippen LogP contribution in [0.3, 0.4) is 0 Å². The summed E-state index contributed by atoms with van der Waals surface area (Å²) in [6.07, 6.45) is -0.536. The zero-order chi connectivity index (χ0) is 9.14. The fourth-order valence-corrected chi connectivity index (χ4v) is 1.59. The van der Waals surface area contributed by atoms with Crippen molar-refractivity contribution in [1.29, 1.82) is 0 Å². The molecule has 0 saturated carbocycles. The van der Waals surface area contributed by atoms with Crippen molar-refractivity contribution in [1.82, 2.24) is 0 Å². The first-order valence-corrected chi connectivity index (χ1v) is 4.08. The molecule has 0 aromatic rings. The summed E-state index contributed by atoms with van der Waals surface area (Å²) in [7, 11) is 3.23. The summed E-state index contributed by atoms with van der Waals surface area (Å²) in [4.78, 5) is 0. The Morgan fingerprint density at radius 2 is 2.00 bits per heavy atom. The molecular formula is C8H16O4. The predicted octanol–water partition coefficient (Wildman–Crippen LogP) is 0.144. The number of hydrogen-bond acceptors (Lipinski definition) is 4. The lowest BCUT2D eigenvalue weighted by molar-refractivity contribution is -0.237. The van der Waals surface area contributed by atoms with Crippen LogP contribution in [-0.2, 0) is 14.2 Å². The van der Waals surface area contributed by atoms with Crippen LogP contribution in [0.5, 0.6) is 0 Å². The zero-order valence-electron chi connectivity index (χ0n) is 7.69. The van der Waals surface area contributed by atoms with E-state index in [1.807, 2.05) is 6.92 Å². The second-order valence-electron chi connectivity index (χ2n) is 3.01. The van der Waals surface area contributed by atoms with Crippen molar-refractivity contribution in [2.24, 2.45) is 0 Å². The second-order valence-corrected chi connectivity index (χ2v) is 3.01. The molecule has 1 aliphatic heterocycles. The van der Waals surface area contributed by atoms with E-state index >= 15 is 0 Å². The first-order valence-electron chi connectivity index (χ1n) is 4.08. The minimum absolute atomic E-state index is 0.0752. The van der Waals surface area contributed by atoms with E-state index in [0.717, 1.165) is 0 Å². The molecule has 1 fully saturated rings. The third-order valence-corrected chi connectivity index (χ3v) is 2.21. The third-order valence-electron chi connectivity index (χ3n) is 2.21. The average molecular weight is 176 g/mol.